The molecule has 4 heteroatoms. The molecule has 0 aliphatic heterocycles. The molecule has 1 aromatic rings. The van der Waals surface area contributed by atoms with Crippen molar-refractivity contribution in [1.82, 2.24) is 15.0 Å². The van der Waals surface area contributed by atoms with E-state index < -0.39 is 0 Å². The molecule has 13 heavy (non-hydrogen) atoms. The molecule has 0 saturated carbocycles. The first kappa shape index (κ1) is 9.51. The van der Waals surface area contributed by atoms with E-state index in [1.807, 2.05) is 19.9 Å². The molecule has 0 aliphatic carbocycles. The van der Waals surface area contributed by atoms with Gasteiger partial charge in [-0.1, -0.05) is 0 Å². The predicted octanol–water partition coefficient (Wildman–Crippen LogP) is 1.15. The van der Waals surface area contributed by atoms with E-state index >= 15 is 0 Å². The fraction of sp³-hybridized carbons (Fsp3) is 0.333. The summed E-state index contributed by atoms with van der Waals surface area (Å²) in [6, 6.07) is 1.94. The molecule has 1 aromatic heterocycles. The Bertz CT molecular complexity index is 402. The van der Waals surface area contributed by atoms with E-state index in [1.165, 1.54) is 0 Å². The summed E-state index contributed by atoms with van der Waals surface area (Å²) in [5.74, 6) is 0.592. The number of hydrogen-bond donors (Lipinski definition) is 2. The molecule has 0 bridgehead atoms. The van der Waals surface area contributed by atoms with Crippen molar-refractivity contribution in [3.05, 3.63) is 39.8 Å². The highest BCUT2D eigenvalue weighted by molar-refractivity contribution is 5.08. The molecule has 70 valence electrons. The zero-order chi connectivity index (χ0) is 9.84. The van der Waals surface area contributed by atoms with Crippen LogP contribution < -0.4 is 5.69 Å². The Kier molecular flexibility index (Phi) is 2.84. The highest BCUT2D eigenvalue weighted by Crippen LogP contribution is 1.92. The molecule has 0 aliphatic rings. The van der Waals surface area contributed by atoms with Gasteiger partial charge in [-0.3, -0.25) is 0 Å². The van der Waals surface area contributed by atoms with Gasteiger partial charge in [0.15, 0.2) is 0 Å². The average molecular weight is 179 g/mol. The standard InChI is InChI=1S/C9H13N3O/c1-6-4-7(2)11-8(3)12-9(13)10-5-6/h4-5H,1-3H3,(H2,10,11,12,13). The van der Waals surface area contributed by atoms with Crippen LogP contribution in [0.25, 0.3) is 0 Å². The summed E-state index contributed by atoms with van der Waals surface area (Å²) in [5, 5.41) is 0. The second-order valence-electron chi connectivity index (χ2n) is 2.99. The van der Waals surface area contributed by atoms with Crippen LogP contribution in [0.3, 0.4) is 0 Å². The number of hydrogen-bond acceptors (Lipinski definition) is 2. The van der Waals surface area contributed by atoms with Crippen LogP contribution in [0.1, 0.15) is 17.1 Å². The van der Waals surface area contributed by atoms with E-state index in [1.54, 1.807) is 13.1 Å². The maximum Gasteiger partial charge on any atom is 0.346 e. The van der Waals surface area contributed by atoms with Crippen molar-refractivity contribution in [2.75, 3.05) is 0 Å². The number of aromatic amines is 2. The van der Waals surface area contributed by atoms with Crippen molar-refractivity contribution in [2.24, 2.45) is 0 Å². The van der Waals surface area contributed by atoms with Gasteiger partial charge in [0.2, 0.25) is 0 Å². The number of aromatic nitrogens is 3. The lowest BCUT2D eigenvalue weighted by atomic mass is 10.3. The minimum atomic E-state index is -0.354. The summed E-state index contributed by atoms with van der Waals surface area (Å²) in [4.78, 5) is 20.3. The molecule has 0 unspecified atom stereocenters. The third kappa shape index (κ3) is 3.11. The quantitative estimate of drug-likeness (QED) is 0.627. The van der Waals surface area contributed by atoms with E-state index in [-0.39, 0.29) is 5.69 Å². The van der Waals surface area contributed by atoms with Crippen LogP contribution in [-0.2, 0) is 0 Å². The van der Waals surface area contributed by atoms with Crippen LogP contribution in [0, 0.1) is 20.8 Å². The fourth-order valence-electron chi connectivity index (χ4n) is 1.09. The van der Waals surface area contributed by atoms with Gasteiger partial charge >= 0.3 is 5.69 Å². The third-order valence-electron chi connectivity index (χ3n) is 1.51. The van der Waals surface area contributed by atoms with E-state index in [0.717, 1.165) is 11.3 Å². The van der Waals surface area contributed by atoms with Crippen molar-refractivity contribution in [2.45, 2.75) is 20.8 Å². The first-order valence-corrected chi connectivity index (χ1v) is 4.06. The van der Waals surface area contributed by atoms with Gasteiger partial charge in [-0.2, -0.15) is 4.98 Å². The number of H-pyrrole nitrogens is 2. The molecule has 4 nitrogen and oxygen atoms in total. The first-order valence-electron chi connectivity index (χ1n) is 4.06. The molecular weight excluding hydrogens is 166 g/mol. The third-order valence-corrected chi connectivity index (χ3v) is 1.51. The van der Waals surface area contributed by atoms with Gasteiger partial charge in [-0.15, -0.1) is 0 Å². The molecule has 2 N–H and O–H groups in total. The summed E-state index contributed by atoms with van der Waals surface area (Å²) in [7, 11) is 0. The lowest BCUT2D eigenvalue weighted by Gasteiger charge is -1.89. The maximum absolute atomic E-state index is 11.0. The van der Waals surface area contributed by atoms with Crippen LogP contribution in [0.5, 0.6) is 0 Å². The number of aryl methyl sites for hydroxylation is 3. The maximum atomic E-state index is 11.0. The SMILES string of the molecule is Cc1c[nH]c(=O)nc(C)[nH]c(C)c1. The summed E-state index contributed by atoms with van der Waals surface area (Å²) >= 11 is 0. The predicted molar refractivity (Wildman–Crippen MR) is 51.0 cm³/mol. The Balaban J connectivity index is 3.54. The summed E-state index contributed by atoms with van der Waals surface area (Å²) in [6.45, 7) is 5.58. The molecule has 1 rings (SSSR count). The molecule has 0 radical (unpaired) electrons. The van der Waals surface area contributed by atoms with Gasteiger partial charge in [-0.25, -0.2) is 4.79 Å². The van der Waals surface area contributed by atoms with Crippen molar-refractivity contribution >= 4 is 0 Å². The second kappa shape index (κ2) is 3.89. The zero-order valence-electron chi connectivity index (χ0n) is 8.01. The summed E-state index contributed by atoms with van der Waals surface area (Å²) in [6.07, 6.45) is 1.63. The Morgan fingerprint density at radius 2 is 2.00 bits per heavy atom. The monoisotopic (exact) mass is 179 g/mol. The Morgan fingerprint density at radius 1 is 1.31 bits per heavy atom. The molecule has 0 saturated heterocycles. The zero-order valence-corrected chi connectivity index (χ0v) is 8.01. The minimum Gasteiger partial charge on any atom is -0.348 e. The summed E-state index contributed by atoms with van der Waals surface area (Å²) < 4.78 is 0. The van der Waals surface area contributed by atoms with Crippen LogP contribution in [0.2, 0.25) is 0 Å². The van der Waals surface area contributed by atoms with Crippen LogP contribution in [0.15, 0.2) is 17.1 Å². The van der Waals surface area contributed by atoms with Crippen LogP contribution in [0.4, 0.5) is 0 Å². The Labute approximate surface area is 76.4 Å². The average Bonchev–Trinajstić information content (AvgIpc) is 2.02. The van der Waals surface area contributed by atoms with E-state index in [0.29, 0.717) is 5.82 Å². The number of rotatable bonds is 0. The van der Waals surface area contributed by atoms with Crippen molar-refractivity contribution in [3.8, 4) is 0 Å². The lowest BCUT2D eigenvalue weighted by molar-refractivity contribution is 0.986. The van der Waals surface area contributed by atoms with Gasteiger partial charge in [0, 0.05) is 11.9 Å². The number of nitrogens with one attached hydrogen (secondary N) is 2. The molecule has 0 atom stereocenters. The Morgan fingerprint density at radius 3 is 2.69 bits per heavy atom. The van der Waals surface area contributed by atoms with E-state index in [4.69, 9.17) is 0 Å². The van der Waals surface area contributed by atoms with Gasteiger partial charge in [-0.05, 0) is 32.4 Å². The molecule has 0 spiro atoms. The van der Waals surface area contributed by atoms with Crippen molar-refractivity contribution < 1.29 is 0 Å². The molecule has 0 aromatic carbocycles. The first-order chi connectivity index (χ1) is 6.08. The van der Waals surface area contributed by atoms with Gasteiger partial charge < -0.3 is 9.97 Å². The van der Waals surface area contributed by atoms with Crippen LogP contribution in [-0.4, -0.2) is 15.0 Å². The summed E-state index contributed by atoms with van der Waals surface area (Å²) in [5.41, 5.74) is 1.59. The van der Waals surface area contributed by atoms with Gasteiger partial charge in [0.05, 0.1) is 0 Å². The molecule has 0 fully saturated rings. The topological polar surface area (TPSA) is 61.5 Å². The largest absolute Gasteiger partial charge is 0.348 e. The van der Waals surface area contributed by atoms with Crippen molar-refractivity contribution in [3.63, 3.8) is 0 Å². The second-order valence-corrected chi connectivity index (χ2v) is 2.99. The van der Waals surface area contributed by atoms with Gasteiger partial charge in [0.25, 0.3) is 0 Å². The van der Waals surface area contributed by atoms with Gasteiger partial charge in [0.1, 0.15) is 5.82 Å². The van der Waals surface area contributed by atoms with Crippen LogP contribution >= 0.6 is 0 Å². The number of nitrogens with zero attached hydrogens (tertiary/aromatic N) is 1. The highest BCUT2D eigenvalue weighted by atomic mass is 16.1. The van der Waals surface area contributed by atoms with E-state index in [9.17, 15) is 4.79 Å². The fourth-order valence-corrected chi connectivity index (χ4v) is 1.09. The Hall–Kier alpha value is -1.58. The minimum absolute atomic E-state index is 0.354. The highest BCUT2D eigenvalue weighted by Gasteiger charge is 1.85. The normalized spacial score (nSPS) is 9.46. The molecular formula is C9H13N3O. The van der Waals surface area contributed by atoms with Crippen molar-refractivity contribution in [1.29, 1.82) is 0 Å². The lowest BCUT2D eigenvalue weighted by Crippen LogP contribution is -2.07. The van der Waals surface area contributed by atoms with E-state index in [2.05, 4.69) is 15.0 Å². The molecule has 1 heterocycles. The smallest absolute Gasteiger partial charge is 0.346 e. The molecule has 0 amide bonds.